The molecule has 0 aliphatic carbocycles. The standard InChI is InChI=1S/C13H13N5O/c1-7(17-13-15-4-5-16-13)11-9-6-8(14)2-3-10(9)18-12(11)19/h2-6,18-19H,14H2,1H3,(H,15,16). The van der Waals surface area contributed by atoms with E-state index < -0.39 is 0 Å². The van der Waals surface area contributed by atoms with Crippen LogP contribution in [0, 0.1) is 0 Å². The number of nitrogens with two attached hydrogens (primary N) is 1. The number of imidazole rings is 1. The molecule has 5 N–H and O–H groups in total. The summed E-state index contributed by atoms with van der Waals surface area (Å²) < 4.78 is 0. The van der Waals surface area contributed by atoms with Crippen molar-refractivity contribution in [3.8, 4) is 5.88 Å². The van der Waals surface area contributed by atoms with E-state index >= 15 is 0 Å². The minimum absolute atomic E-state index is 0.0772. The number of nitrogens with one attached hydrogen (secondary N) is 2. The fourth-order valence-corrected chi connectivity index (χ4v) is 2.09. The van der Waals surface area contributed by atoms with Gasteiger partial charge < -0.3 is 20.8 Å². The summed E-state index contributed by atoms with van der Waals surface area (Å²) in [6.07, 6.45) is 3.32. The number of aliphatic imine (C=N–C) groups is 1. The minimum atomic E-state index is 0.0772. The van der Waals surface area contributed by atoms with Crippen molar-refractivity contribution in [1.82, 2.24) is 15.0 Å². The molecule has 0 radical (unpaired) electrons. The largest absolute Gasteiger partial charge is 0.494 e. The van der Waals surface area contributed by atoms with Crippen molar-refractivity contribution >= 4 is 28.3 Å². The first-order valence-electron chi connectivity index (χ1n) is 5.80. The molecule has 0 atom stereocenters. The van der Waals surface area contributed by atoms with Gasteiger partial charge in [-0.2, -0.15) is 0 Å². The molecule has 0 fully saturated rings. The molecule has 0 saturated carbocycles. The zero-order valence-corrected chi connectivity index (χ0v) is 10.3. The fraction of sp³-hybridized carbons (Fsp3) is 0.0769. The maximum atomic E-state index is 10.0. The van der Waals surface area contributed by atoms with Crippen LogP contribution in [0.3, 0.4) is 0 Å². The quantitative estimate of drug-likeness (QED) is 0.417. The predicted molar refractivity (Wildman–Crippen MR) is 74.8 cm³/mol. The van der Waals surface area contributed by atoms with E-state index in [2.05, 4.69) is 19.9 Å². The number of aromatic hydroxyl groups is 1. The van der Waals surface area contributed by atoms with Gasteiger partial charge in [-0.1, -0.05) is 0 Å². The SMILES string of the molecule is CC(=Nc1ncc[nH]1)c1c(O)[nH]c2ccc(N)cc12. The number of nitrogen functional groups attached to an aromatic ring is 1. The van der Waals surface area contributed by atoms with Crippen molar-refractivity contribution < 1.29 is 5.11 Å². The van der Waals surface area contributed by atoms with E-state index in [9.17, 15) is 5.11 Å². The molecule has 96 valence electrons. The first-order chi connectivity index (χ1) is 9.15. The molecule has 1 aromatic carbocycles. The second-order valence-corrected chi connectivity index (χ2v) is 4.26. The van der Waals surface area contributed by atoms with Gasteiger partial charge in [-0.15, -0.1) is 0 Å². The summed E-state index contributed by atoms with van der Waals surface area (Å²) in [7, 11) is 0. The van der Waals surface area contributed by atoms with Crippen molar-refractivity contribution in [2.45, 2.75) is 6.92 Å². The van der Waals surface area contributed by atoms with Gasteiger partial charge in [-0.05, 0) is 25.1 Å². The van der Waals surface area contributed by atoms with Crippen LogP contribution < -0.4 is 5.73 Å². The highest BCUT2D eigenvalue weighted by molar-refractivity contribution is 6.13. The van der Waals surface area contributed by atoms with Crippen molar-refractivity contribution in [3.05, 3.63) is 36.2 Å². The van der Waals surface area contributed by atoms with Gasteiger partial charge >= 0.3 is 0 Å². The Morgan fingerprint density at radius 1 is 1.42 bits per heavy atom. The van der Waals surface area contributed by atoms with Crippen LogP contribution in [0.25, 0.3) is 10.9 Å². The topological polar surface area (TPSA) is 103 Å². The van der Waals surface area contributed by atoms with Crippen molar-refractivity contribution in [1.29, 1.82) is 0 Å². The average molecular weight is 255 g/mol. The third-order valence-corrected chi connectivity index (χ3v) is 2.92. The monoisotopic (exact) mass is 255 g/mol. The number of H-pyrrole nitrogens is 2. The van der Waals surface area contributed by atoms with E-state index in [1.165, 1.54) is 0 Å². The lowest BCUT2D eigenvalue weighted by atomic mass is 10.1. The van der Waals surface area contributed by atoms with E-state index in [4.69, 9.17) is 5.73 Å². The van der Waals surface area contributed by atoms with Gasteiger partial charge in [-0.3, -0.25) is 0 Å². The molecule has 2 aromatic heterocycles. The van der Waals surface area contributed by atoms with Crippen LogP contribution in [0.2, 0.25) is 0 Å². The van der Waals surface area contributed by atoms with Crippen LogP contribution in [0.4, 0.5) is 11.6 Å². The second kappa shape index (κ2) is 4.16. The zero-order chi connectivity index (χ0) is 13.4. The molecule has 0 aliphatic heterocycles. The number of nitrogens with zero attached hydrogens (tertiary/aromatic N) is 2. The zero-order valence-electron chi connectivity index (χ0n) is 10.3. The van der Waals surface area contributed by atoms with E-state index in [0.717, 1.165) is 10.9 Å². The molecule has 0 spiro atoms. The number of aromatic nitrogens is 3. The second-order valence-electron chi connectivity index (χ2n) is 4.26. The van der Waals surface area contributed by atoms with E-state index in [1.807, 2.05) is 19.1 Å². The Bertz CT molecular complexity index is 755. The van der Waals surface area contributed by atoms with Gasteiger partial charge in [0.25, 0.3) is 0 Å². The van der Waals surface area contributed by atoms with Crippen molar-refractivity contribution in [2.24, 2.45) is 4.99 Å². The molecule has 0 bridgehead atoms. The number of rotatable bonds is 2. The molecule has 0 amide bonds. The number of hydrogen-bond acceptors (Lipinski definition) is 4. The van der Waals surface area contributed by atoms with Gasteiger partial charge in [0, 0.05) is 29.0 Å². The highest BCUT2D eigenvalue weighted by Crippen LogP contribution is 2.29. The van der Waals surface area contributed by atoms with Crippen LogP contribution in [0.1, 0.15) is 12.5 Å². The Morgan fingerprint density at radius 3 is 3.00 bits per heavy atom. The summed E-state index contributed by atoms with van der Waals surface area (Å²) in [4.78, 5) is 14.2. The van der Waals surface area contributed by atoms with Crippen LogP contribution in [-0.4, -0.2) is 25.8 Å². The number of benzene rings is 1. The lowest BCUT2D eigenvalue weighted by Crippen LogP contribution is -1.94. The maximum absolute atomic E-state index is 10.0. The number of hydrogen-bond donors (Lipinski definition) is 4. The predicted octanol–water partition coefficient (Wildman–Crippen LogP) is 2.32. The summed E-state index contributed by atoms with van der Waals surface area (Å²) in [5.74, 6) is 0.573. The summed E-state index contributed by atoms with van der Waals surface area (Å²) in [6.45, 7) is 1.81. The Balaban J connectivity index is 2.19. The minimum Gasteiger partial charge on any atom is -0.494 e. The Kier molecular flexibility index (Phi) is 2.49. The number of anilines is 1. The van der Waals surface area contributed by atoms with Crippen LogP contribution in [-0.2, 0) is 0 Å². The van der Waals surface area contributed by atoms with Gasteiger partial charge in [-0.25, -0.2) is 9.98 Å². The fourth-order valence-electron chi connectivity index (χ4n) is 2.09. The molecule has 3 rings (SSSR count). The van der Waals surface area contributed by atoms with Crippen LogP contribution >= 0.6 is 0 Å². The van der Waals surface area contributed by atoms with E-state index in [0.29, 0.717) is 22.9 Å². The molecule has 0 unspecified atom stereocenters. The molecule has 6 heteroatoms. The third kappa shape index (κ3) is 1.93. The van der Waals surface area contributed by atoms with Gasteiger partial charge in [0.2, 0.25) is 5.95 Å². The van der Waals surface area contributed by atoms with Gasteiger partial charge in [0.1, 0.15) is 0 Å². The average Bonchev–Trinajstić information content (AvgIpc) is 2.95. The molecular formula is C13H13N5O. The molecular weight excluding hydrogens is 242 g/mol. The van der Waals surface area contributed by atoms with Gasteiger partial charge in [0.15, 0.2) is 5.88 Å². The van der Waals surface area contributed by atoms with Gasteiger partial charge in [0.05, 0.1) is 11.3 Å². The summed E-state index contributed by atoms with van der Waals surface area (Å²) >= 11 is 0. The lowest BCUT2D eigenvalue weighted by Gasteiger charge is -2.00. The first kappa shape index (κ1) is 11.3. The Hall–Kier alpha value is -2.76. The van der Waals surface area contributed by atoms with Crippen molar-refractivity contribution in [3.63, 3.8) is 0 Å². The van der Waals surface area contributed by atoms with E-state index in [1.54, 1.807) is 18.5 Å². The van der Waals surface area contributed by atoms with Crippen LogP contribution in [0.5, 0.6) is 5.88 Å². The molecule has 0 aliphatic rings. The maximum Gasteiger partial charge on any atom is 0.227 e. The molecule has 3 aromatic rings. The van der Waals surface area contributed by atoms with E-state index in [-0.39, 0.29) is 5.88 Å². The summed E-state index contributed by atoms with van der Waals surface area (Å²) in [5, 5.41) is 10.9. The normalized spacial score (nSPS) is 12.2. The summed E-state index contributed by atoms with van der Waals surface area (Å²) in [5.41, 5.74) is 8.53. The highest BCUT2D eigenvalue weighted by atomic mass is 16.3. The number of aromatic amines is 2. The molecule has 6 nitrogen and oxygen atoms in total. The highest BCUT2D eigenvalue weighted by Gasteiger charge is 2.14. The Labute approximate surface area is 109 Å². The van der Waals surface area contributed by atoms with Crippen LogP contribution in [0.15, 0.2) is 35.6 Å². The lowest BCUT2D eigenvalue weighted by molar-refractivity contribution is 0.457. The molecule has 0 saturated heterocycles. The summed E-state index contributed by atoms with van der Waals surface area (Å²) in [6, 6.07) is 5.41. The smallest absolute Gasteiger partial charge is 0.227 e. The van der Waals surface area contributed by atoms with Crippen molar-refractivity contribution in [2.75, 3.05) is 5.73 Å². The molecule has 19 heavy (non-hydrogen) atoms. The molecule has 2 heterocycles. The Morgan fingerprint density at radius 2 is 2.26 bits per heavy atom. The first-order valence-corrected chi connectivity index (χ1v) is 5.80. The third-order valence-electron chi connectivity index (χ3n) is 2.92. The number of fused-ring (bicyclic) bond motifs is 1.